The Morgan fingerprint density at radius 2 is 1.45 bits per heavy atom. The predicted molar refractivity (Wildman–Crippen MR) is 127 cm³/mol. The Kier molecular flexibility index (Phi) is 5.16. The lowest BCUT2D eigenvalue weighted by Gasteiger charge is -2.23. The molecule has 0 spiro atoms. The number of benzene rings is 2. The molecule has 0 atom stereocenters. The molecule has 160 valence electrons. The fourth-order valence-corrected chi connectivity index (χ4v) is 4.67. The van der Waals surface area contributed by atoms with Crippen LogP contribution in [0, 0.1) is 0 Å². The second kappa shape index (κ2) is 8.29. The van der Waals surface area contributed by atoms with Gasteiger partial charge in [-0.15, -0.1) is 11.3 Å². The Morgan fingerprint density at radius 1 is 0.818 bits per heavy atom. The number of para-hydroxylation sites is 2. The van der Waals surface area contributed by atoms with Crippen LogP contribution in [-0.4, -0.2) is 27.6 Å². The molecule has 4 aromatic rings. The van der Waals surface area contributed by atoms with Crippen molar-refractivity contribution in [2.24, 2.45) is 0 Å². The molecule has 0 saturated heterocycles. The molecule has 0 unspecified atom stereocenters. The quantitative estimate of drug-likeness (QED) is 0.305. The Labute approximate surface area is 193 Å². The number of Topliss-reactive ketones (excluding diaryl/α,β-unsaturated/α-hetero) is 2. The summed E-state index contributed by atoms with van der Waals surface area (Å²) in [4.78, 5) is 43.5. The van der Waals surface area contributed by atoms with Crippen LogP contribution in [0.2, 0.25) is 0 Å². The van der Waals surface area contributed by atoms with Gasteiger partial charge in [-0.1, -0.05) is 36.4 Å². The first kappa shape index (κ1) is 20.5. The third-order valence-electron chi connectivity index (χ3n) is 5.21. The molecule has 1 N–H and O–H groups in total. The van der Waals surface area contributed by atoms with Gasteiger partial charge in [0, 0.05) is 16.3 Å². The van der Waals surface area contributed by atoms with Crippen molar-refractivity contribution in [3.63, 3.8) is 0 Å². The number of anilines is 3. The second-order valence-corrected chi connectivity index (χ2v) is 8.39. The summed E-state index contributed by atoms with van der Waals surface area (Å²) < 4.78 is 0. The lowest BCUT2D eigenvalue weighted by Crippen LogP contribution is -2.07. The maximum atomic E-state index is 12.8. The summed E-state index contributed by atoms with van der Waals surface area (Å²) in [5, 5.41) is 10.1. The van der Waals surface area contributed by atoms with Crippen LogP contribution >= 0.6 is 11.3 Å². The third kappa shape index (κ3) is 3.75. The zero-order valence-corrected chi connectivity index (χ0v) is 18.0. The van der Waals surface area contributed by atoms with Gasteiger partial charge >= 0.3 is 5.97 Å². The number of hydrogen-bond donors (Lipinski definition) is 1. The number of carboxylic acids is 1. The maximum absolute atomic E-state index is 12.8. The minimum Gasteiger partial charge on any atom is -0.477 e. The number of rotatable bonds is 5. The highest BCUT2D eigenvalue weighted by atomic mass is 32.1. The first-order valence-corrected chi connectivity index (χ1v) is 10.9. The number of allylic oxidation sites excluding steroid dienone is 1. The van der Waals surface area contributed by atoms with Gasteiger partial charge in [0.15, 0.2) is 5.78 Å². The Morgan fingerprint density at radius 3 is 2.06 bits per heavy atom. The van der Waals surface area contributed by atoms with Crippen LogP contribution in [-0.2, 0) is 0 Å². The van der Waals surface area contributed by atoms with Gasteiger partial charge in [0.05, 0.1) is 11.1 Å². The highest BCUT2D eigenvalue weighted by Gasteiger charge is 2.35. The highest BCUT2D eigenvalue weighted by Crippen LogP contribution is 2.39. The van der Waals surface area contributed by atoms with Gasteiger partial charge < -0.3 is 10.0 Å². The number of nitrogens with zero attached hydrogens (tertiary/aromatic N) is 2. The van der Waals surface area contributed by atoms with Crippen molar-refractivity contribution in [1.29, 1.82) is 0 Å². The van der Waals surface area contributed by atoms with Crippen molar-refractivity contribution >= 4 is 51.3 Å². The Hall–Kier alpha value is -4.36. The summed E-state index contributed by atoms with van der Waals surface area (Å²) in [6.07, 6.45) is 1.55. The SMILES string of the molecule is O=C(O)c1ccc2c(n1)C(=O)C(=Cc1ccc(N(c3ccccc3)c3ccccc3)s1)C2=O. The lowest BCUT2D eigenvalue weighted by molar-refractivity contribution is 0.0690. The van der Waals surface area contributed by atoms with Crippen LogP contribution in [0.25, 0.3) is 6.08 Å². The summed E-state index contributed by atoms with van der Waals surface area (Å²) in [7, 11) is 0. The molecule has 6 nitrogen and oxygen atoms in total. The Balaban J connectivity index is 1.52. The molecule has 2 heterocycles. The van der Waals surface area contributed by atoms with Crippen LogP contribution < -0.4 is 4.90 Å². The number of pyridine rings is 1. The number of carbonyl (C=O) groups excluding carboxylic acids is 2. The number of carbonyl (C=O) groups is 3. The molecule has 2 aromatic carbocycles. The van der Waals surface area contributed by atoms with E-state index in [-0.39, 0.29) is 22.5 Å². The molecule has 0 fully saturated rings. The van der Waals surface area contributed by atoms with Gasteiger partial charge in [0.25, 0.3) is 0 Å². The monoisotopic (exact) mass is 452 g/mol. The van der Waals surface area contributed by atoms with Crippen molar-refractivity contribution in [2.45, 2.75) is 0 Å². The number of carboxylic acid groups (broad SMARTS) is 1. The van der Waals surface area contributed by atoms with Gasteiger partial charge in [-0.3, -0.25) is 9.59 Å². The normalized spacial score (nSPS) is 13.9. The summed E-state index contributed by atoms with van der Waals surface area (Å²) in [5.74, 6) is -2.26. The van der Waals surface area contributed by atoms with Crippen LogP contribution in [0.4, 0.5) is 16.4 Å². The number of thiophene rings is 1. The largest absolute Gasteiger partial charge is 0.477 e. The van der Waals surface area contributed by atoms with Crippen molar-refractivity contribution < 1.29 is 19.5 Å². The molecule has 7 heteroatoms. The number of fused-ring (bicyclic) bond motifs is 1. The average Bonchev–Trinajstić information content (AvgIpc) is 3.39. The van der Waals surface area contributed by atoms with Gasteiger partial charge in [0.2, 0.25) is 5.78 Å². The first-order valence-electron chi connectivity index (χ1n) is 10.1. The number of aromatic nitrogens is 1. The molecule has 0 bridgehead atoms. The molecule has 1 aliphatic carbocycles. The standard InChI is InChI=1S/C26H16N2O4S/c29-24-19-12-13-21(26(31)32)27-23(19)25(30)20(24)15-18-11-14-22(33-18)28(16-7-3-1-4-8-16)17-9-5-2-6-10-17/h1-15H,(H,31,32). The number of hydrogen-bond acceptors (Lipinski definition) is 6. The van der Waals surface area contributed by atoms with Crippen LogP contribution in [0.15, 0.2) is 90.5 Å². The summed E-state index contributed by atoms with van der Waals surface area (Å²) >= 11 is 1.44. The van der Waals surface area contributed by atoms with Gasteiger partial charge in [-0.2, -0.15) is 0 Å². The zero-order chi connectivity index (χ0) is 22.9. The van der Waals surface area contributed by atoms with E-state index in [1.54, 1.807) is 6.08 Å². The van der Waals surface area contributed by atoms with E-state index in [1.165, 1.54) is 23.5 Å². The van der Waals surface area contributed by atoms with Crippen molar-refractivity contribution in [3.05, 3.63) is 112 Å². The van der Waals surface area contributed by atoms with Crippen LogP contribution in [0.1, 0.15) is 36.2 Å². The Bertz CT molecular complexity index is 1390. The van der Waals surface area contributed by atoms with Crippen molar-refractivity contribution in [1.82, 2.24) is 4.98 Å². The second-order valence-electron chi connectivity index (χ2n) is 7.30. The van der Waals surface area contributed by atoms with E-state index in [1.807, 2.05) is 72.8 Å². The molecular formula is C26H16N2O4S. The van der Waals surface area contributed by atoms with E-state index in [4.69, 9.17) is 5.11 Å². The third-order valence-corrected chi connectivity index (χ3v) is 6.23. The molecule has 33 heavy (non-hydrogen) atoms. The van der Waals surface area contributed by atoms with E-state index in [2.05, 4.69) is 9.88 Å². The van der Waals surface area contributed by atoms with E-state index in [0.717, 1.165) is 21.3 Å². The van der Waals surface area contributed by atoms with E-state index in [0.29, 0.717) is 0 Å². The molecule has 5 rings (SSSR count). The predicted octanol–water partition coefficient (Wildman–Crippen LogP) is 5.77. The molecule has 1 aliphatic rings. The van der Waals surface area contributed by atoms with Gasteiger partial charge in [-0.25, -0.2) is 9.78 Å². The smallest absolute Gasteiger partial charge is 0.354 e. The van der Waals surface area contributed by atoms with Crippen molar-refractivity contribution in [2.75, 3.05) is 4.90 Å². The topological polar surface area (TPSA) is 87.6 Å². The first-order chi connectivity index (χ1) is 16.0. The van der Waals surface area contributed by atoms with Crippen molar-refractivity contribution in [3.8, 4) is 0 Å². The molecular weight excluding hydrogens is 436 g/mol. The maximum Gasteiger partial charge on any atom is 0.354 e. The van der Waals surface area contributed by atoms with E-state index < -0.39 is 17.5 Å². The molecule has 2 aromatic heterocycles. The number of ketones is 2. The van der Waals surface area contributed by atoms with Gasteiger partial charge in [-0.05, 0) is 54.6 Å². The lowest BCUT2D eigenvalue weighted by atomic mass is 10.1. The molecule has 0 amide bonds. The van der Waals surface area contributed by atoms with Crippen LogP contribution in [0.3, 0.4) is 0 Å². The molecule has 0 saturated carbocycles. The summed E-state index contributed by atoms with van der Waals surface area (Å²) in [6, 6.07) is 26.2. The van der Waals surface area contributed by atoms with E-state index in [9.17, 15) is 14.4 Å². The minimum atomic E-state index is -1.25. The summed E-state index contributed by atoms with van der Waals surface area (Å²) in [6.45, 7) is 0. The van der Waals surface area contributed by atoms with Gasteiger partial charge in [0.1, 0.15) is 16.4 Å². The number of aromatic carboxylic acids is 1. The molecule has 0 aliphatic heterocycles. The van der Waals surface area contributed by atoms with E-state index >= 15 is 0 Å². The van der Waals surface area contributed by atoms with Crippen LogP contribution in [0.5, 0.6) is 0 Å². The fraction of sp³-hybridized carbons (Fsp3) is 0. The average molecular weight is 452 g/mol. The summed E-state index contributed by atoms with van der Waals surface area (Å²) in [5.41, 5.74) is 1.70. The molecule has 0 radical (unpaired) electrons. The zero-order valence-electron chi connectivity index (χ0n) is 17.1. The highest BCUT2D eigenvalue weighted by molar-refractivity contribution is 7.17. The fourth-order valence-electron chi connectivity index (χ4n) is 3.68. The minimum absolute atomic E-state index is 0.0144.